The van der Waals surface area contributed by atoms with Crippen molar-refractivity contribution in [2.24, 2.45) is 0 Å². The largest absolute Gasteiger partial charge is 0.379 e. The highest BCUT2D eigenvalue weighted by Crippen LogP contribution is 2.46. The van der Waals surface area contributed by atoms with Crippen molar-refractivity contribution < 1.29 is 4.74 Å². The maximum absolute atomic E-state index is 5.45. The van der Waals surface area contributed by atoms with Crippen LogP contribution in [0.5, 0.6) is 0 Å². The first-order valence-electron chi connectivity index (χ1n) is 6.50. The first kappa shape index (κ1) is 10.1. The third-order valence-corrected chi connectivity index (χ3v) is 4.24. The Morgan fingerprint density at radius 1 is 0.733 bits per heavy atom. The van der Waals surface area contributed by atoms with E-state index in [1.54, 1.807) is 0 Å². The Morgan fingerprint density at radius 2 is 1.33 bits per heavy atom. The molecule has 86 valence electrons. The van der Waals surface area contributed by atoms with Crippen LogP contribution in [0.15, 0.2) is 0 Å². The molecule has 3 nitrogen and oxygen atoms in total. The van der Waals surface area contributed by atoms with Crippen molar-refractivity contribution in [3.63, 3.8) is 0 Å². The van der Waals surface area contributed by atoms with Gasteiger partial charge in [-0.25, -0.2) is 0 Å². The molecule has 3 heteroatoms. The van der Waals surface area contributed by atoms with E-state index in [0.717, 1.165) is 26.3 Å². The number of ether oxygens (including phenoxy) is 1. The van der Waals surface area contributed by atoms with Crippen molar-refractivity contribution in [1.29, 1.82) is 0 Å². The Labute approximate surface area is 92.4 Å². The summed E-state index contributed by atoms with van der Waals surface area (Å²) in [5, 5.41) is 0. The van der Waals surface area contributed by atoms with Gasteiger partial charge in [0.25, 0.3) is 0 Å². The highest BCUT2D eigenvalue weighted by Gasteiger charge is 2.52. The summed E-state index contributed by atoms with van der Waals surface area (Å²) in [4.78, 5) is 5.43. The average Bonchev–Trinajstić information content (AvgIpc) is 3.13. The summed E-state index contributed by atoms with van der Waals surface area (Å²) in [5.41, 5.74) is 0.476. The van der Waals surface area contributed by atoms with Crippen LogP contribution in [0, 0.1) is 0 Å². The Balaban J connectivity index is 1.66. The van der Waals surface area contributed by atoms with E-state index in [2.05, 4.69) is 9.80 Å². The summed E-state index contributed by atoms with van der Waals surface area (Å²) in [5.74, 6) is 0. The Hall–Kier alpha value is -0.120. The molecular formula is C12H22N2O. The summed E-state index contributed by atoms with van der Waals surface area (Å²) in [7, 11) is 0. The monoisotopic (exact) mass is 210 g/mol. The molecule has 3 fully saturated rings. The predicted molar refractivity (Wildman–Crippen MR) is 59.8 cm³/mol. The van der Waals surface area contributed by atoms with Gasteiger partial charge in [-0.15, -0.1) is 0 Å². The van der Waals surface area contributed by atoms with E-state index in [4.69, 9.17) is 4.74 Å². The fourth-order valence-electron chi connectivity index (χ4n) is 3.23. The second kappa shape index (κ2) is 4.04. The zero-order valence-corrected chi connectivity index (χ0v) is 9.58. The van der Waals surface area contributed by atoms with Gasteiger partial charge in [0.05, 0.1) is 18.9 Å². The van der Waals surface area contributed by atoms with E-state index >= 15 is 0 Å². The summed E-state index contributed by atoms with van der Waals surface area (Å²) < 4.78 is 5.45. The summed E-state index contributed by atoms with van der Waals surface area (Å²) >= 11 is 0. The Bertz CT molecular complexity index is 196. The zero-order valence-electron chi connectivity index (χ0n) is 9.58. The first-order chi connectivity index (χ1) is 7.42. The van der Waals surface area contributed by atoms with Gasteiger partial charge in [0.2, 0.25) is 0 Å². The van der Waals surface area contributed by atoms with Gasteiger partial charge < -0.3 is 4.74 Å². The molecule has 0 unspecified atom stereocenters. The van der Waals surface area contributed by atoms with Crippen LogP contribution in [0.3, 0.4) is 0 Å². The number of rotatable bonds is 2. The van der Waals surface area contributed by atoms with Crippen molar-refractivity contribution in [3.05, 3.63) is 0 Å². The quantitative estimate of drug-likeness (QED) is 0.683. The average molecular weight is 210 g/mol. The van der Waals surface area contributed by atoms with E-state index < -0.39 is 0 Å². The molecule has 0 bridgehead atoms. The van der Waals surface area contributed by atoms with Gasteiger partial charge in [-0.05, 0) is 38.8 Å². The number of hydrogen-bond donors (Lipinski definition) is 0. The van der Waals surface area contributed by atoms with Gasteiger partial charge >= 0.3 is 0 Å². The minimum atomic E-state index is 0.476. The molecule has 0 atom stereocenters. The fraction of sp³-hybridized carbons (Fsp3) is 1.00. The van der Waals surface area contributed by atoms with Crippen LogP contribution >= 0.6 is 0 Å². The molecule has 3 rings (SSSR count). The first-order valence-corrected chi connectivity index (χ1v) is 6.50. The Morgan fingerprint density at radius 3 is 1.93 bits per heavy atom. The third kappa shape index (κ3) is 1.81. The van der Waals surface area contributed by atoms with Crippen LogP contribution in [-0.4, -0.2) is 54.9 Å². The van der Waals surface area contributed by atoms with Crippen molar-refractivity contribution in [2.75, 3.05) is 39.4 Å². The summed E-state index contributed by atoms with van der Waals surface area (Å²) in [6, 6.07) is 0. The van der Waals surface area contributed by atoms with Gasteiger partial charge in [0, 0.05) is 13.1 Å². The zero-order chi connectivity index (χ0) is 10.1. The highest BCUT2D eigenvalue weighted by atomic mass is 16.5. The lowest BCUT2D eigenvalue weighted by Crippen LogP contribution is -2.55. The van der Waals surface area contributed by atoms with Crippen LogP contribution in [0.4, 0.5) is 0 Å². The SMILES string of the molecule is C1CCN(C2(N3CCOCC3)CC2)CC1. The van der Waals surface area contributed by atoms with Crippen LogP contribution in [0.1, 0.15) is 32.1 Å². The third-order valence-electron chi connectivity index (χ3n) is 4.24. The molecule has 0 aromatic rings. The van der Waals surface area contributed by atoms with Gasteiger partial charge in [-0.2, -0.15) is 0 Å². The van der Waals surface area contributed by atoms with Crippen molar-refractivity contribution in [2.45, 2.75) is 37.8 Å². The molecule has 15 heavy (non-hydrogen) atoms. The molecule has 1 saturated carbocycles. The van der Waals surface area contributed by atoms with Crippen LogP contribution < -0.4 is 0 Å². The van der Waals surface area contributed by atoms with Crippen LogP contribution in [0.25, 0.3) is 0 Å². The summed E-state index contributed by atoms with van der Waals surface area (Å²) in [6.07, 6.45) is 7.05. The van der Waals surface area contributed by atoms with Gasteiger partial charge in [0.1, 0.15) is 0 Å². The van der Waals surface area contributed by atoms with Crippen molar-refractivity contribution in [3.8, 4) is 0 Å². The maximum Gasteiger partial charge on any atom is 0.0741 e. The van der Waals surface area contributed by atoms with E-state index in [1.807, 2.05) is 0 Å². The number of nitrogens with zero attached hydrogens (tertiary/aromatic N) is 2. The number of morpholine rings is 1. The second-order valence-electron chi connectivity index (χ2n) is 5.13. The number of piperidine rings is 1. The van der Waals surface area contributed by atoms with E-state index in [9.17, 15) is 0 Å². The molecular weight excluding hydrogens is 188 g/mol. The van der Waals surface area contributed by atoms with Crippen molar-refractivity contribution >= 4 is 0 Å². The minimum absolute atomic E-state index is 0.476. The normalized spacial score (nSPS) is 32.8. The van der Waals surface area contributed by atoms with Crippen LogP contribution in [0.2, 0.25) is 0 Å². The molecule has 3 aliphatic rings. The van der Waals surface area contributed by atoms with Crippen LogP contribution in [-0.2, 0) is 4.74 Å². The maximum atomic E-state index is 5.45. The van der Waals surface area contributed by atoms with E-state index in [-0.39, 0.29) is 0 Å². The minimum Gasteiger partial charge on any atom is -0.379 e. The molecule has 2 heterocycles. The Kier molecular flexibility index (Phi) is 2.71. The molecule has 0 spiro atoms. The smallest absolute Gasteiger partial charge is 0.0741 e. The van der Waals surface area contributed by atoms with Gasteiger partial charge in [-0.3, -0.25) is 9.80 Å². The predicted octanol–water partition coefficient (Wildman–Crippen LogP) is 1.29. The fourth-order valence-corrected chi connectivity index (χ4v) is 3.23. The molecule has 0 aromatic carbocycles. The van der Waals surface area contributed by atoms with Gasteiger partial charge in [0.15, 0.2) is 0 Å². The van der Waals surface area contributed by atoms with E-state index in [0.29, 0.717) is 5.66 Å². The standard InChI is InChI=1S/C12H22N2O/c1-2-6-13(7-3-1)12(4-5-12)14-8-10-15-11-9-14/h1-11H2. The topological polar surface area (TPSA) is 15.7 Å². The number of likely N-dealkylation sites (tertiary alicyclic amines) is 1. The summed E-state index contributed by atoms with van der Waals surface area (Å²) in [6.45, 7) is 6.84. The molecule has 2 saturated heterocycles. The molecule has 1 aliphatic carbocycles. The second-order valence-corrected chi connectivity index (χ2v) is 5.13. The molecule has 0 amide bonds. The number of hydrogen-bond acceptors (Lipinski definition) is 3. The molecule has 0 radical (unpaired) electrons. The molecule has 2 aliphatic heterocycles. The molecule has 0 N–H and O–H groups in total. The van der Waals surface area contributed by atoms with Gasteiger partial charge in [-0.1, -0.05) is 6.42 Å². The lowest BCUT2D eigenvalue weighted by molar-refractivity contribution is -0.0532. The lowest BCUT2D eigenvalue weighted by atomic mass is 10.1. The highest BCUT2D eigenvalue weighted by molar-refractivity contribution is 5.04. The lowest BCUT2D eigenvalue weighted by Gasteiger charge is -2.43. The van der Waals surface area contributed by atoms with E-state index in [1.165, 1.54) is 45.2 Å². The van der Waals surface area contributed by atoms with Crippen molar-refractivity contribution in [1.82, 2.24) is 9.80 Å². The molecule has 0 aromatic heterocycles.